The summed E-state index contributed by atoms with van der Waals surface area (Å²) in [7, 11) is 1.79. The average molecular weight is 274 g/mol. The van der Waals surface area contributed by atoms with Gasteiger partial charge in [0.25, 0.3) is 5.91 Å². The zero-order valence-corrected chi connectivity index (χ0v) is 12.5. The highest BCUT2D eigenvalue weighted by Crippen LogP contribution is 2.25. The van der Waals surface area contributed by atoms with Crippen LogP contribution in [0.25, 0.3) is 0 Å². The quantitative estimate of drug-likeness (QED) is 0.829. The molecule has 2 rings (SSSR count). The Morgan fingerprint density at radius 2 is 1.85 bits per heavy atom. The molecule has 4 heteroatoms. The first kappa shape index (κ1) is 14.6. The lowest BCUT2D eigenvalue weighted by molar-refractivity contribution is -0.147. The van der Waals surface area contributed by atoms with E-state index in [0.717, 1.165) is 0 Å². The first-order valence-electron chi connectivity index (χ1n) is 7.06. The molecule has 2 atom stereocenters. The van der Waals surface area contributed by atoms with Crippen LogP contribution in [0.3, 0.4) is 0 Å². The van der Waals surface area contributed by atoms with Gasteiger partial charge in [0.1, 0.15) is 6.17 Å². The first-order chi connectivity index (χ1) is 9.43. The molecule has 0 aromatic heterocycles. The first-order valence-corrected chi connectivity index (χ1v) is 7.06. The lowest BCUT2D eigenvalue weighted by Gasteiger charge is -2.46. The summed E-state index contributed by atoms with van der Waals surface area (Å²) in [5, 5.41) is 0. The Bertz CT molecular complexity index is 498. The van der Waals surface area contributed by atoms with Crippen molar-refractivity contribution in [1.29, 1.82) is 0 Å². The van der Waals surface area contributed by atoms with Crippen molar-refractivity contribution in [2.75, 3.05) is 13.6 Å². The molecule has 0 spiro atoms. The van der Waals surface area contributed by atoms with Crippen molar-refractivity contribution in [2.24, 2.45) is 11.8 Å². The van der Waals surface area contributed by atoms with Crippen LogP contribution in [0.1, 0.15) is 31.1 Å². The SMILES string of the molecule is CC(C)[C@@H]1N(C)C(=O)[C@H](C)CN1C(=O)c1ccccc1. The molecule has 108 valence electrons. The maximum absolute atomic E-state index is 12.7. The van der Waals surface area contributed by atoms with E-state index in [1.54, 1.807) is 11.9 Å². The summed E-state index contributed by atoms with van der Waals surface area (Å²) in [4.78, 5) is 28.4. The van der Waals surface area contributed by atoms with Crippen molar-refractivity contribution in [3.63, 3.8) is 0 Å². The van der Waals surface area contributed by atoms with E-state index >= 15 is 0 Å². The molecule has 20 heavy (non-hydrogen) atoms. The highest BCUT2D eigenvalue weighted by Gasteiger charge is 2.40. The van der Waals surface area contributed by atoms with Crippen molar-refractivity contribution < 1.29 is 9.59 Å². The van der Waals surface area contributed by atoms with Crippen LogP contribution in [-0.4, -0.2) is 41.4 Å². The molecule has 1 aliphatic heterocycles. The van der Waals surface area contributed by atoms with E-state index in [4.69, 9.17) is 0 Å². The fraction of sp³-hybridized carbons (Fsp3) is 0.500. The van der Waals surface area contributed by atoms with Gasteiger partial charge in [0.2, 0.25) is 5.91 Å². The van der Waals surface area contributed by atoms with Gasteiger partial charge in [-0.15, -0.1) is 0 Å². The summed E-state index contributed by atoms with van der Waals surface area (Å²) in [5.41, 5.74) is 0.674. The smallest absolute Gasteiger partial charge is 0.255 e. The van der Waals surface area contributed by atoms with Crippen LogP contribution in [0.15, 0.2) is 30.3 Å². The summed E-state index contributed by atoms with van der Waals surface area (Å²) in [6, 6.07) is 9.26. The molecule has 1 heterocycles. The number of carbonyl (C=O) groups is 2. The topological polar surface area (TPSA) is 40.6 Å². The van der Waals surface area contributed by atoms with Crippen LogP contribution in [0.4, 0.5) is 0 Å². The van der Waals surface area contributed by atoms with Gasteiger partial charge in [-0.25, -0.2) is 0 Å². The van der Waals surface area contributed by atoms with Crippen molar-refractivity contribution in [3.8, 4) is 0 Å². The Morgan fingerprint density at radius 1 is 1.25 bits per heavy atom. The Morgan fingerprint density at radius 3 is 2.40 bits per heavy atom. The number of nitrogens with zero attached hydrogens (tertiary/aromatic N) is 2. The second-order valence-electron chi connectivity index (χ2n) is 5.83. The maximum Gasteiger partial charge on any atom is 0.255 e. The zero-order valence-electron chi connectivity index (χ0n) is 12.5. The summed E-state index contributed by atoms with van der Waals surface area (Å²) >= 11 is 0. The van der Waals surface area contributed by atoms with E-state index in [2.05, 4.69) is 0 Å². The summed E-state index contributed by atoms with van der Waals surface area (Å²) in [5.74, 6) is 0.156. The fourth-order valence-corrected chi connectivity index (χ4v) is 2.92. The predicted octanol–water partition coefficient (Wildman–Crippen LogP) is 2.22. The van der Waals surface area contributed by atoms with Crippen molar-refractivity contribution in [3.05, 3.63) is 35.9 Å². The van der Waals surface area contributed by atoms with E-state index in [-0.39, 0.29) is 29.8 Å². The molecule has 2 amide bonds. The van der Waals surface area contributed by atoms with E-state index in [1.165, 1.54) is 0 Å². The lowest BCUT2D eigenvalue weighted by atomic mass is 9.98. The van der Waals surface area contributed by atoms with Crippen LogP contribution in [0.2, 0.25) is 0 Å². The summed E-state index contributed by atoms with van der Waals surface area (Å²) in [6.07, 6.45) is -0.175. The van der Waals surface area contributed by atoms with Gasteiger partial charge in [-0.05, 0) is 18.1 Å². The minimum absolute atomic E-state index is 0.00417. The summed E-state index contributed by atoms with van der Waals surface area (Å²) < 4.78 is 0. The normalized spacial score (nSPS) is 23.4. The van der Waals surface area contributed by atoms with Gasteiger partial charge in [0.15, 0.2) is 0 Å². The van der Waals surface area contributed by atoms with Gasteiger partial charge in [-0.3, -0.25) is 9.59 Å². The number of hydrogen-bond acceptors (Lipinski definition) is 2. The third-order valence-electron chi connectivity index (χ3n) is 3.83. The minimum atomic E-state index is -0.175. The zero-order chi connectivity index (χ0) is 14.9. The fourth-order valence-electron chi connectivity index (χ4n) is 2.92. The van der Waals surface area contributed by atoms with E-state index in [9.17, 15) is 9.59 Å². The van der Waals surface area contributed by atoms with Crippen molar-refractivity contribution >= 4 is 11.8 Å². The molecule has 0 aliphatic carbocycles. The minimum Gasteiger partial charge on any atom is -0.325 e. The van der Waals surface area contributed by atoms with Crippen LogP contribution in [-0.2, 0) is 4.79 Å². The third kappa shape index (κ3) is 2.55. The van der Waals surface area contributed by atoms with Crippen molar-refractivity contribution in [1.82, 2.24) is 9.80 Å². The predicted molar refractivity (Wildman–Crippen MR) is 78.0 cm³/mol. The molecule has 1 saturated heterocycles. The number of carbonyl (C=O) groups excluding carboxylic acids is 2. The van der Waals surface area contributed by atoms with Crippen LogP contribution >= 0.6 is 0 Å². The second-order valence-corrected chi connectivity index (χ2v) is 5.83. The molecule has 4 nitrogen and oxygen atoms in total. The molecule has 1 aromatic carbocycles. The molecule has 0 saturated carbocycles. The number of hydrogen-bond donors (Lipinski definition) is 0. The Hall–Kier alpha value is -1.84. The molecular weight excluding hydrogens is 252 g/mol. The van der Waals surface area contributed by atoms with Gasteiger partial charge in [-0.1, -0.05) is 39.0 Å². The lowest BCUT2D eigenvalue weighted by Crippen LogP contribution is -2.61. The molecule has 0 unspecified atom stereocenters. The maximum atomic E-state index is 12.7. The second kappa shape index (κ2) is 5.65. The van der Waals surface area contributed by atoms with E-state index < -0.39 is 0 Å². The van der Waals surface area contributed by atoms with Gasteiger partial charge in [0.05, 0.1) is 5.92 Å². The van der Waals surface area contributed by atoms with Gasteiger partial charge in [0, 0.05) is 19.2 Å². The highest BCUT2D eigenvalue weighted by atomic mass is 16.2. The summed E-state index contributed by atoms with van der Waals surface area (Å²) in [6.45, 7) is 6.44. The molecule has 1 aromatic rings. The molecular formula is C16H22N2O2. The molecule has 1 fully saturated rings. The van der Waals surface area contributed by atoms with Gasteiger partial charge >= 0.3 is 0 Å². The molecule has 0 radical (unpaired) electrons. The van der Waals surface area contributed by atoms with E-state index in [0.29, 0.717) is 12.1 Å². The van der Waals surface area contributed by atoms with E-state index in [1.807, 2.05) is 56.0 Å². The Balaban J connectivity index is 2.32. The Labute approximate surface area is 120 Å². The number of benzene rings is 1. The number of rotatable bonds is 2. The Kier molecular flexibility index (Phi) is 4.12. The standard InChI is InChI=1S/C16H22N2O2/c1-11(2)14-17(4)15(19)12(3)10-18(14)16(20)13-8-6-5-7-9-13/h5-9,11-12,14H,10H2,1-4H3/t12-,14-/m1/s1. The average Bonchev–Trinajstić information content (AvgIpc) is 2.44. The van der Waals surface area contributed by atoms with Crippen LogP contribution in [0.5, 0.6) is 0 Å². The largest absolute Gasteiger partial charge is 0.325 e. The van der Waals surface area contributed by atoms with Crippen LogP contribution < -0.4 is 0 Å². The van der Waals surface area contributed by atoms with Gasteiger partial charge < -0.3 is 9.80 Å². The van der Waals surface area contributed by atoms with Gasteiger partial charge in [-0.2, -0.15) is 0 Å². The highest BCUT2D eigenvalue weighted by molar-refractivity contribution is 5.95. The molecule has 0 N–H and O–H groups in total. The molecule has 1 aliphatic rings. The number of amides is 2. The van der Waals surface area contributed by atoms with Crippen molar-refractivity contribution in [2.45, 2.75) is 26.9 Å². The van der Waals surface area contributed by atoms with Crippen LogP contribution in [0, 0.1) is 11.8 Å². The monoisotopic (exact) mass is 274 g/mol. The third-order valence-corrected chi connectivity index (χ3v) is 3.83. The molecule has 0 bridgehead atoms.